The molecule has 0 atom stereocenters. The van der Waals surface area contributed by atoms with Gasteiger partial charge in [-0.05, 0) is 42.5 Å². The molecule has 0 aliphatic carbocycles. The summed E-state index contributed by atoms with van der Waals surface area (Å²) >= 11 is 3.38. The first-order valence-corrected chi connectivity index (χ1v) is 8.52. The van der Waals surface area contributed by atoms with Crippen LogP contribution in [-0.2, 0) is 0 Å². The molecule has 6 nitrogen and oxygen atoms in total. The molecule has 1 aromatic heterocycles. The highest BCUT2D eigenvalue weighted by Gasteiger charge is 2.16. The molecule has 0 fully saturated rings. The second-order valence-electron chi connectivity index (χ2n) is 5.60. The molecular weight excluding hydrogens is 410 g/mol. The Kier molecular flexibility index (Phi) is 4.98. The number of carboxylic acid groups (broad SMARTS) is 1. The standard InChI is InChI=1S/C20H12BrN3O3/c1-27-19-5-2-12(9-22)6-13(19)7-14(10-23)17-11-24(20(25)26)18-4-3-15(21)8-16(17)18/h2-8,11H,1H3,(H,25,26)/b14-7+. The fraction of sp³-hybridized carbons (Fsp3) is 0.0500. The number of aromatic nitrogens is 1. The molecule has 0 bridgehead atoms. The number of hydrogen-bond acceptors (Lipinski definition) is 4. The minimum Gasteiger partial charge on any atom is -0.496 e. The van der Waals surface area contributed by atoms with Crippen LogP contribution in [0.3, 0.4) is 0 Å². The lowest BCUT2D eigenvalue weighted by atomic mass is 10.0. The van der Waals surface area contributed by atoms with E-state index in [1.165, 1.54) is 13.3 Å². The van der Waals surface area contributed by atoms with E-state index in [0.29, 0.717) is 33.3 Å². The third kappa shape index (κ3) is 3.41. The molecule has 1 N–H and O–H groups in total. The van der Waals surface area contributed by atoms with E-state index in [1.54, 1.807) is 42.5 Å². The van der Waals surface area contributed by atoms with Crippen molar-refractivity contribution in [3.05, 3.63) is 63.8 Å². The molecule has 0 aliphatic heterocycles. The molecule has 0 unspecified atom stereocenters. The van der Waals surface area contributed by atoms with E-state index in [9.17, 15) is 15.2 Å². The zero-order chi connectivity index (χ0) is 19.6. The maximum atomic E-state index is 11.6. The number of benzene rings is 2. The smallest absolute Gasteiger partial charge is 0.416 e. The number of methoxy groups -OCH3 is 1. The number of ether oxygens (including phenoxy) is 1. The normalized spacial score (nSPS) is 11.0. The summed E-state index contributed by atoms with van der Waals surface area (Å²) in [5.41, 5.74) is 2.18. The average Bonchev–Trinajstić information content (AvgIpc) is 3.04. The highest BCUT2D eigenvalue weighted by Crippen LogP contribution is 2.32. The van der Waals surface area contributed by atoms with Crippen molar-refractivity contribution in [2.75, 3.05) is 7.11 Å². The summed E-state index contributed by atoms with van der Waals surface area (Å²) in [5, 5.41) is 28.9. The zero-order valence-electron chi connectivity index (χ0n) is 14.1. The molecule has 0 aliphatic rings. The molecule has 3 aromatic rings. The number of halogens is 1. The van der Waals surface area contributed by atoms with E-state index < -0.39 is 6.09 Å². The molecule has 0 saturated carbocycles. The maximum Gasteiger partial charge on any atom is 0.416 e. The Hall–Kier alpha value is -3.55. The Bertz CT molecular complexity index is 1180. The molecule has 0 saturated heterocycles. The van der Waals surface area contributed by atoms with Gasteiger partial charge >= 0.3 is 6.09 Å². The zero-order valence-corrected chi connectivity index (χ0v) is 15.7. The van der Waals surface area contributed by atoms with Crippen LogP contribution in [0.5, 0.6) is 5.75 Å². The molecule has 27 heavy (non-hydrogen) atoms. The fourth-order valence-corrected chi connectivity index (χ4v) is 3.18. The van der Waals surface area contributed by atoms with Crippen LogP contribution < -0.4 is 4.74 Å². The third-order valence-corrected chi connectivity index (χ3v) is 4.54. The van der Waals surface area contributed by atoms with Crippen molar-refractivity contribution in [3.63, 3.8) is 0 Å². The number of nitrogens with zero attached hydrogens (tertiary/aromatic N) is 3. The van der Waals surface area contributed by atoms with Crippen LogP contribution in [0.1, 0.15) is 16.7 Å². The predicted molar refractivity (Wildman–Crippen MR) is 104 cm³/mol. The van der Waals surface area contributed by atoms with Crippen LogP contribution in [0.15, 0.2) is 47.1 Å². The average molecular weight is 422 g/mol. The molecule has 7 heteroatoms. The van der Waals surface area contributed by atoms with Gasteiger partial charge in [-0.15, -0.1) is 0 Å². The van der Waals surface area contributed by atoms with Gasteiger partial charge in [0, 0.05) is 27.2 Å². The van der Waals surface area contributed by atoms with Crippen LogP contribution >= 0.6 is 15.9 Å². The number of allylic oxidation sites excluding steroid dienone is 1. The highest BCUT2D eigenvalue weighted by molar-refractivity contribution is 9.10. The van der Waals surface area contributed by atoms with Gasteiger partial charge in [0.05, 0.1) is 35.9 Å². The number of rotatable bonds is 3. The summed E-state index contributed by atoms with van der Waals surface area (Å²) in [6.07, 6.45) is 1.85. The van der Waals surface area contributed by atoms with Crippen LogP contribution in [0.2, 0.25) is 0 Å². The van der Waals surface area contributed by atoms with Crippen molar-refractivity contribution in [1.82, 2.24) is 4.57 Å². The summed E-state index contributed by atoms with van der Waals surface area (Å²) in [4.78, 5) is 11.6. The molecule has 3 rings (SSSR count). The quantitative estimate of drug-likeness (QED) is 0.607. The lowest BCUT2D eigenvalue weighted by Crippen LogP contribution is -2.05. The summed E-state index contributed by atoms with van der Waals surface area (Å²) in [7, 11) is 1.50. The van der Waals surface area contributed by atoms with Gasteiger partial charge in [0.2, 0.25) is 0 Å². The maximum absolute atomic E-state index is 11.6. The SMILES string of the molecule is COc1ccc(C#N)cc1/C=C(\C#N)c1cn(C(=O)O)c2ccc(Br)cc12. The molecular formula is C20H12BrN3O3. The molecule has 2 aromatic carbocycles. The van der Waals surface area contributed by atoms with E-state index in [1.807, 2.05) is 0 Å². The molecule has 0 amide bonds. The minimum atomic E-state index is -1.14. The lowest BCUT2D eigenvalue weighted by Gasteiger charge is -2.06. The first-order chi connectivity index (χ1) is 13.0. The van der Waals surface area contributed by atoms with Crippen molar-refractivity contribution < 1.29 is 14.6 Å². The van der Waals surface area contributed by atoms with Crippen molar-refractivity contribution in [2.45, 2.75) is 0 Å². The fourth-order valence-electron chi connectivity index (χ4n) is 2.82. The first-order valence-electron chi connectivity index (χ1n) is 7.72. The van der Waals surface area contributed by atoms with E-state index in [4.69, 9.17) is 10.00 Å². The number of fused-ring (bicyclic) bond motifs is 1. The summed E-state index contributed by atoms with van der Waals surface area (Å²) < 4.78 is 7.15. The molecule has 132 valence electrons. The van der Waals surface area contributed by atoms with E-state index in [2.05, 4.69) is 28.1 Å². The van der Waals surface area contributed by atoms with Crippen molar-refractivity contribution >= 4 is 44.6 Å². The summed E-state index contributed by atoms with van der Waals surface area (Å²) in [6, 6.07) is 14.2. The van der Waals surface area contributed by atoms with Gasteiger partial charge in [-0.2, -0.15) is 10.5 Å². The number of nitriles is 2. The lowest BCUT2D eigenvalue weighted by molar-refractivity contribution is 0.197. The highest BCUT2D eigenvalue weighted by atomic mass is 79.9. The second-order valence-corrected chi connectivity index (χ2v) is 6.51. The second kappa shape index (κ2) is 7.36. The van der Waals surface area contributed by atoms with Gasteiger partial charge < -0.3 is 9.84 Å². The minimum absolute atomic E-state index is 0.256. The van der Waals surface area contributed by atoms with Crippen molar-refractivity contribution in [2.24, 2.45) is 0 Å². The topological polar surface area (TPSA) is 99.0 Å². The van der Waals surface area contributed by atoms with E-state index in [0.717, 1.165) is 9.04 Å². The number of carbonyl (C=O) groups is 1. The third-order valence-electron chi connectivity index (χ3n) is 4.04. The van der Waals surface area contributed by atoms with Gasteiger partial charge in [0.1, 0.15) is 5.75 Å². The van der Waals surface area contributed by atoms with E-state index in [-0.39, 0.29) is 5.57 Å². The Morgan fingerprint density at radius 1 is 1.26 bits per heavy atom. The largest absolute Gasteiger partial charge is 0.496 e. The van der Waals surface area contributed by atoms with Crippen molar-refractivity contribution in [1.29, 1.82) is 10.5 Å². The van der Waals surface area contributed by atoms with Gasteiger partial charge in [0.15, 0.2) is 0 Å². The van der Waals surface area contributed by atoms with E-state index >= 15 is 0 Å². The van der Waals surface area contributed by atoms with Crippen LogP contribution in [-0.4, -0.2) is 22.9 Å². The van der Waals surface area contributed by atoms with Crippen LogP contribution in [0.4, 0.5) is 4.79 Å². The summed E-state index contributed by atoms with van der Waals surface area (Å²) in [6.45, 7) is 0. The molecule has 0 radical (unpaired) electrons. The Morgan fingerprint density at radius 2 is 2.04 bits per heavy atom. The predicted octanol–water partition coefficient (Wildman–Crippen LogP) is 4.87. The molecule has 0 spiro atoms. The van der Waals surface area contributed by atoms with Gasteiger partial charge in [0.25, 0.3) is 0 Å². The van der Waals surface area contributed by atoms with Crippen LogP contribution in [0.25, 0.3) is 22.6 Å². The van der Waals surface area contributed by atoms with Crippen molar-refractivity contribution in [3.8, 4) is 17.9 Å². The Morgan fingerprint density at radius 3 is 2.67 bits per heavy atom. The first kappa shape index (κ1) is 18.2. The van der Waals surface area contributed by atoms with Gasteiger partial charge in [-0.25, -0.2) is 4.79 Å². The summed E-state index contributed by atoms with van der Waals surface area (Å²) in [5.74, 6) is 0.505. The Labute approximate surface area is 163 Å². The van der Waals surface area contributed by atoms with Crippen LogP contribution in [0, 0.1) is 22.7 Å². The van der Waals surface area contributed by atoms with Gasteiger partial charge in [-0.3, -0.25) is 4.57 Å². The van der Waals surface area contributed by atoms with Gasteiger partial charge in [-0.1, -0.05) is 15.9 Å². The molecule has 1 heterocycles. The Balaban J connectivity index is 2.28. The monoisotopic (exact) mass is 421 g/mol. The number of hydrogen-bond donors (Lipinski definition) is 1.